The van der Waals surface area contributed by atoms with Gasteiger partial charge in [-0.15, -0.1) is 0 Å². The molecule has 1 rings (SSSR count). The van der Waals surface area contributed by atoms with Crippen LogP contribution >= 0.6 is 0 Å². The van der Waals surface area contributed by atoms with E-state index in [4.69, 9.17) is 21.1 Å². The predicted octanol–water partition coefficient (Wildman–Crippen LogP) is -0.987. The van der Waals surface area contributed by atoms with Crippen LogP contribution in [0.3, 0.4) is 0 Å². The first-order valence-corrected chi connectivity index (χ1v) is 9.43. The highest BCUT2D eigenvalue weighted by Gasteiger charge is 2.18. The van der Waals surface area contributed by atoms with E-state index in [1.807, 2.05) is 0 Å². The monoisotopic (exact) mass is 440 g/mol. The molecular weight excluding hydrogens is 412 g/mol. The van der Waals surface area contributed by atoms with E-state index in [1.54, 1.807) is 29.2 Å². The molecule has 0 radical (unpaired) electrons. The van der Waals surface area contributed by atoms with Crippen molar-refractivity contribution in [3.63, 3.8) is 0 Å². The third-order valence-corrected chi connectivity index (χ3v) is 4.29. The van der Waals surface area contributed by atoms with Gasteiger partial charge >= 0.3 is 23.9 Å². The number of aliphatic carboxylic acids is 4. The maximum Gasteiger partial charge on any atom is 0.317 e. The number of hydrogen-bond donors (Lipinski definition) is 5. The fraction of sp³-hybridized carbons (Fsp3) is 0.474. The Kier molecular flexibility index (Phi) is 11.0. The largest absolute Gasteiger partial charge is 0.480 e. The summed E-state index contributed by atoms with van der Waals surface area (Å²) < 4.78 is 0. The van der Waals surface area contributed by atoms with Gasteiger partial charge in [0.25, 0.3) is 0 Å². The van der Waals surface area contributed by atoms with Crippen LogP contribution in [0.25, 0.3) is 0 Å². The topological polar surface area (TPSA) is 185 Å². The van der Waals surface area contributed by atoms with Crippen LogP contribution in [-0.4, -0.2) is 111 Å². The molecule has 172 valence electrons. The molecule has 1 aromatic carbocycles. The zero-order valence-corrected chi connectivity index (χ0v) is 17.0. The lowest BCUT2D eigenvalue weighted by molar-refractivity contribution is -0.143. The summed E-state index contributed by atoms with van der Waals surface area (Å²) >= 11 is 0. The van der Waals surface area contributed by atoms with Gasteiger partial charge in [0, 0.05) is 38.4 Å². The van der Waals surface area contributed by atoms with Crippen LogP contribution in [0, 0.1) is 0 Å². The number of benzene rings is 1. The highest BCUT2D eigenvalue weighted by Crippen LogP contribution is 2.09. The van der Waals surface area contributed by atoms with E-state index in [0.717, 1.165) is 5.56 Å². The Hall–Kier alpha value is -3.22. The van der Waals surface area contributed by atoms with Gasteiger partial charge in [-0.25, -0.2) is 0 Å². The van der Waals surface area contributed by atoms with Crippen molar-refractivity contribution < 1.29 is 39.6 Å². The Morgan fingerprint density at radius 3 is 1.42 bits per heavy atom. The van der Waals surface area contributed by atoms with E-state index < -0.39 is 37.0 Å². The molecule has 0 fully saturated rings. The molecule has 0 aromatic heterocycles. The molecule has 0 heterocycles. The molecule has 0 unspecified atom stereocenters. The van der Waals surface area contributed by atoms with Gasteiger partial charge in [-0.3, -0.25) is 33.9 Å². The molecule has 6 N–H and O–H groups in total. The van der Waals surface area contributed by atoms with Crippen molar-refractivity contribution >= 4 is 29.6 Å². The summed E-state index contributed by atoms with van der Waals surface area (Å²) in [6, 6.07) is 6.94. The first kappa shape index (κ1) is 25.8. The molecule has 31 heavy (non-hydrogen) atoms. The number of nitrogens with zero attached hydrogens (tertiary/aromatic N) is 3. The standard InChI is InChI=1S/C19H28N4O8/c20-15-3-1-14(2-4-15)9-22(11-17(26)27)7-5-21(10-16(24)25)6-8-23(12-18(28)29)13-19(30)31/h1-4H,5-13,20H2,(H,24,25)(H,26,27)(H,28,29)(H,30,31). The third-order valence-electron chi connectivity index (χ3n) is 4.29. The van der Waals surface area contributed by atoms with Gasteiger partial charge in [0.2, 0.25) is 0 Å². The van der Waals surface area contributed by atoms with Crippen LogP contribution in [0.15, 0.2) is 24.3 Å². The number of hydrogen-bond acceptors (Lipinski definition) is 8. The van der Waals surface area contributed by atoms with Gasteiger partial charge in [-0.05, 0) is 17.7 Å². The minimum absolute atomic E-state index is 0.0305. The quantitative estimate of drug-likeness (QED) is 0.198. The molecule has 12 heteroatoms. The number of carbonyl (C=O) groups is 4. The van der Waals surface area contributed by atoms with Crippen molar-refractivity contribution in [3.05, 3.63) is 29.8 Å². The second kappa shape index (κ2) is 13.2. The molecule has 12 nitrogen and oxygen atoms in total. The maximum absolute atomic E-state index is 11.2. The van der Waals surface area contributed by atoms with Crippen LogP contribution in [0.1, 0.15) is 5.56 Å². The van der Waals surface area contributed by atoms with Gasteiger partial charge in [-0.2, -0.15) is 0 Å². The van der Waals surface area contributed by atoms with Gasteiger partial charge in [0.15, 0.2) is 0 Å². The molecule has 0 aliphatic carbocycles. The van der Waals surface area contributed by atoms with Crippen molar-refractivity contribution in [3.8, 4) is 0 Å². The van der Waals surface area contributed by atoms with Crippen molar-refractivity contribution in [1.82, 2.24) is 14.7 Å². The first-order chi connectivity index (χ1) is 14.5. The Morgan fingerprint density at radius 2 is 0.968 bits per heavy atom. The molecule has 0 saturated heterocycles. The SMILES string of the molecule is Nc1ccc(CN(CCN(CCN(CC(=O)O)CC(=O)O)CC(=O)O)CC(=O)O)cc1. The number of carboxylic acids is 4. The van der Waals surface area contributed by atoms with Crippen molar-refractivity contribution in [2.45, 2.75) is 6.54 Å². The summed E-state index contributed by atoms with van der Waals surface area (Å²) in [6.45, 7) is -0.697. The molecule has 0 aliphatic heterocycles. The second-order valence-electron chi connectivity index (χ2n) is 7.01. The van der Waals surface area contributed by atoms with E-state index in [-0.39, 0.29) is 39.3 Å². The Morgan fingerprint density at radius 1 is 0.613 bits per heavy atom. The van der Waals surface area contributed by atoms with Gasteiger partial charge < -0.3 is 26.2 Å². The van der Waals surface area contributed by atoms with Crippen LogP contribution in [0.4, 0.5) is 5.69 Å². The van der Waals surface area contributed by atoms with Crippen LogP contribution in [0.2, 0.25) is 0 Å². The van der Waals surface area contributed by atoms with Crippen LogP contribution in [-0.2, 0) is 25.7 Å². The summed E-state index contributed by atoms with van der Waals surface area (Å²) in [5.41, 5.74) is 7.07. The van der Waals surface area contributed by atoms with Gasteiger partial charge in [-0.1, -0.05) is 12.1 Å². The fourth-order valence-corrected chi connectivity index (χ4v) is 2.91. The van der Waals surface area contributed by atoms with Crippen molar-refractivity contribution in [1.29, 1.82) is 0 Å². The minimum atomic E-state index is -1.19. The Balaban J connectivity index is 2.75. The Labute approximate surface area is 179 Å². The number of carboxylic acid groups (broad SMARTS) is 4. The lowest BCUT2D eigenvalue weighted by Gasteiger charge is -2.28. The highest BCUT2D eigenvalue weighted by molar-refractivity contribution is 5.72. The van der Waals surface area contributed by atoms with Crippen molar-refractivity contribution in [2.75, 3.05) is 58.1 Å². The molecule has 0 atom stereocenters. The fourth-order valence-electron chi connectivity index (χ4n) is 2.91. The molecule has 0 amide bonds. The maximum atomic E-state index is 11.2. The van der Waals surface area contributed by atoms with Crippen molar-refractivity contribution in [2.24, 2.45) is 0 Å². The molecule has 0 bridgehead atoms. The zero-order chi connectivity index (χ0) is 23.4. The predicted molar refractivity (Wildman–Crippen MR) is 110 cm³/mol. The highest BCUT2D eigenvalue weighted by atomic mass is 16.4. The average molecular weight is 440 g/mol. The third kappa shape index (κ3) is 12.2. The summed E-state index contributed by atoms with van der Waals surface area (Å²) in [5, 5.41) is 36.1. The number of rotatable bonds is 16. The molecular formula is C19H28N4O8. The lowest BCUT2D eigenvalue weighted by Crippen LogP contribution is -2.44. The number of nitrogens with two attached hydrogens (primary N) is 1. The van der Waals surface area contributed by atoms with E-state index in [0.29, 0.717) is 12.2 Å². The van der Waals surface area contributed by atoms with Crippen LogP contribution < -0.4 is 5.73 Å². The molecule has 1 aromatic rings. The molecule has 0 spiro atoms. The average Bonchev–Trinajstić information content (AvgIpc) is 2.63. The first-order valence-electron chi connectivity index (χ1n) is 9.43. The van der Waals surface area contributed by atoms with Gasteiger partial charge in [0.05, 0.1) is 26.2 Å². The molecule has 0 saturated carbocycles. The summed E-state index contributed by atoms with van der Waals surface area (Å²) in [5.74, 6) is -4.52. The minimum Gasteiger partial charge on any atom is -0.480 e. The van der Waals surface area contributed by atoms with E-state index >= 15 is 0 Å². The zero-order valence-electron chi connectivity index (χ0n) is 17.0. The number of nitrogen functional groups attached to an aromatic ring is 1. The second-order valence-corrected chi connectivity index (χ2v) is 7.01. The summed E-state index contributed by atoms with van der Waals surface area (Å²) in [4.78, 5) is 48.6. The van der Waals surface area contributed by atoms with E-state index in [9.17, 15) is 24.3 Å². The smallest absolute Gasteiger partial charge is 0.317 e. The number of anilines is 1. The van der Waals surface area contributed by atoms with Gasteiger partial charge in [0.1, 0.15) is 0 Å². The Bertz CT molecular complexity index is 740. The van der Waals surface area contributed by atoms with E-state index in [2.05, 4.69) is 0 Å². The lowest BCUT2D eigenvalue weighted by atomic mass is 10.2. The summed E-state index contributed by atoms with van der Waals surface area (Å²) in [6.07, 6.45) is 0. The molecule has 0 aliphatic rings. The summed E-state index contributed by atoms with van der Waals surface area (Å²) in [7, 11) is 0. The normalized spacial score (nSPS) is 11.2. The van der Waals surface area contributed by atoms with Crippen LogP contribution in [0.5, 0.6) is 0 Å². The van der Waals surface area contributed by atoms with E-state index in [1.165, 1.54) is 9.80 Å².